The number of nitrogens with one attached hydrogen (secondary N) is 2. The molecule has 1 rings (SSSR count). The van der Waals surface area contributed by atoms with Gasteiger partial charge in [0, 0.05) is 47.7 Å². The monoisotopic (exact) mass is 256 g/mol. The van der Waals surface area contributed by atoms with E-state index in [1.54, 1.807) is 12.5 Å². The fourth-order valence-electron chi connectivity index (χ4n) is 1.35. The molecule has 0 aliphatic rings. The molecule has 0 aliphatic heterocycles. The minimum Gasteiger partial charge on any atom is -0.370 e. The van der Waals surface area contributed by atoms with Crippen LogP contribution in [0.1, 0.15) is 18.9 Å². The summed E-state index contributed by atoms with van der Waals surface area (Å²) in [6, 6.07) is 0. The summed E-state index contributed by atoms with van der Waals surface area (Å²) in [5, 5.41) is 6.31. The van der Waals surface area contributed by atoms with Crippen molar-refractivity contribution in [3.63, 3.8) is 0 Å². The number of rotatable bonds is 7. The van der Waals surface area contributed by atoms with Gasteiger partial charge >= 0.3 is 0 Å². The summed E-state index contributed by atoms with van der Waals surface area (Å²) in [4.78, 5) is 8.54. The number of anilines is 2. The molecular formula is C11H20N4OS. The Morgan fingerprint density at radius 1 is 1.41 bits per heavy atom. The molecule has 0 spiro atoms. The minimum absolute atomic E-state index is 0.639. The predicted molar refractivity (Wildman–Crippen MR) is 73.0 cm³/mol. The van der Waals surface area contributed by atoms with Gasteiger partial charge in [0.15, 0.2) is 0 Å². The first-order valence-electron chi connectivity index (χ1n) is 5.75. The molecule has 5 nitrogen and oxygen atoms in total. The zero-order valence-electron chi connectivity index (χ0n) is 10.6. The van der Waals surface area contributed by atoms with Crippen molar-refractivity contribution in [1.82, 2.24) is 9.97 Å². The molecule has 1 aromatic rings. The maximum Gasteiger partial charge on any atom is 0.224 e. The summed E-state index contributed by atoms with van der Waals surface area (Å²) in [5.74, 6) is 2.20. The first-order chi connectivity index (χ1) is 8.13. The zero-order valence-corrected chi connectivity index (χ0v) is 11.4. The van der Waals surface area contributed by atoms with Gasteiger partial charge in [0.25, 0.3) is 0 Å². The summed E-state index contributed by atoms with van der Waals surface area (Å²) < 4.78 is 10.9. The van der Waals surface area contributed by atoms with Gasteiger partial charge in [0.05, 0.1) is 0 Å². The molecule has 0 saturated carbocycles. The van der Waals surface area contributed by atoms with Crippen LogP contribution in [-0.2, 0) is 10.8 Å². The van der Waals surface area contributed by atoms with Gasteiger partial charge in [-0.1, -0.05) is 0 Å². The van der Waals surface area contributed by atoms with Gasteiger partial charge in [-0.25, -0.2) is 4.98 Å². The topological polar surface area (TPSA) is 66.9 Å². The Bertz CT molecular complexity index is 384. The molecule has 0 radical (unpaired) electrons. The highest BCUT2D eigenvalue weighted by molar-refractivity contribution is 7.84. The molecule has 1 unspecified atom stereocenters. The lowest BCUT2D eigenvalue weighted by Gasteiger charge is -2.09. The summed E-state index contributed by atoms with van der Waals surface area (Å²) in [5.41, 5.74) is 1.02. The summed E-state index contributed by atoms with van der Waals surface area (Å²) in [7, 11) is -0.721. The van der Waals surface area contributed by atoms with Crippen molar-refractivity contribution in [2.75, 3.05) is 35.7 Å². The van der Waals surface area contributed by atoms with Crippen LogP contribution < -0.4 is 10.6 Å². The third-order valence-corrected chi connectivity index (χ3v) is 3.07. The standard InChI is InChI=1S/C11H20N4OS/c1-4-12-11-14-8-9(2)10(15-11)13-6-5-7-17(3)16/h8H,4-7H2,1-3H3,(H2,12,13,14,15). The van der Waals surface area contributed by atoms with Gasteiger partial charge in [-0.05, 0) is 20.3 Å². The van der Waals surface area contributed by atoms with Crippen LogP contribution >= 0.6 is 0 Å². The maximum atomic E-state index is 10.9. The molecule has 0 aliphatic carbocycles. The number of hydrogen-bond donors (Lipinski definition) is 2. The van der Waals surface area contributed by atoms with E-state index >= 15 is 0 Å². The first kappa shape index (κ1) is 13.9. The lowest BCUT2D eigenvalue weighted by atomic mass is 10.3. The number of nitrogens with zero attached hydrogens (tertiary/aromatic N) is 2. The molecule has 1 heterocycles. The van der Waals surface area contributed by atoms with Crippen molar-refractivity contribution < 1.29 is 4.21 Å². The van der Waals surface area contributed by atoms with E-state index in [9.17, 15) is 4.21 Å². The highest BCUT2D eigenvalue weighted by Gasteiger charge is 2.02. The van der Waals surface area contributed by atoms with Crippen molar-refractivity contribution >= 4 is 22.6 Å². The zero-order chi connectivity index (χ0) is 12.7. The Balaban J connectivity index is 2.51. The van der Waals surface area contributed by atoms with Crippen molar-refractivity contribution in [2.45, 2.75) is 20.3 Å². The molecule has 1 atom stereocenters. The Morgan fingerprint density at radius 3 is 2.82 bits per heavy atom. The molecule has 1 aromatic heterocycles. The average Bonchev–Trinajstić information content (AvgIpc) is 2.28. The summed E-state index contributed by atoms with van der Waals surface area (Å²) >= 11 is 0. The Hall–Kier alpha value is -1.17. The second-order valence-corrected chi connectivity index (χ2v) is 5.37. The van der Waals surface area contributed by atoms with Crippen LogP contribution in [0.4, 0.5) is 11.8 Å². The Kier molecular flexibility index (Phi) is 5.90. The molecule has 0 amide bonds. The van der Waals surface area contributed by atoms with Gasteiger partial charge in [0.2, 0.25) is 5.95 Å². The lowest BCUT2D eigenvalue weighted by molar-refractivity contribution is 0.685. The van der Waals surface area contributed by atoms with E-state index in [2.05, 4.69) is 20.6 Å². The first-order valence-corrected chi connectivity index (χ1v) is 7.47. The van der Waals surface area contributed by atoms with E-state index < -0.39 is 10.8 Å². The van der Waals surface area contributed by atoms with Gasteiger partial charge in [-0.15, -0.1) is 0 Å². The van der Waals surface area contributed by atoms with E-state index in [1.165, 1.54) is 0 Å². The van der Waals surface area contributed by atoms with Crippen LogP contribution in [0.15, 0.2) is 6.20 Å². The summed E-state index contributed by atoms with van der Waals surface area (Å²) in [6.45, 7) is 5.56. The molecule has 0 saturated heterocycles. The van der Waals surface area contributed by atoms with Crippen LogP contribution in [0.5, 0.6) is 0 Å². The molecule has 0 aromatic carbocycles. The van der Waals surface area contributed by atoms with Crippen LogP contribution in [0.25, 0.3) is 0 Å². The Labute approximate surface area is 105 Å². The lowest BCUT2D eigenvalue weighted by Crippen LogP contribution is -2.10. The number of aromatic nitrogens is 2. The van der Waals surface area contributed by atoms with Crippen molar-refractivity contribution in [3.8, 4) is 0 Å². The molecule has 0 bridgehead atoms. The average molecular weight is 256 g/mol. The van der Waals surface area contributed by atoms with Crippen LogP contribution in [-0.4, -0.2) is 39.3 Å². The molecule has 6 heteroatoms. The number of hydrogen-bond acceptors (Lipinski definition) is 5. The van der Waals surface area contributed by atoms with Crippen molar-refractivity contribution in [1.29, 1.82) is 0 Å². The third kappa shape index (κ3) is 5.12. The molecule has 17 heavy (non-hydrogen) atoms. The smallest absolute Gasteiger partial charge is 0.224 e. The van der Waals surface area contributed by atoms with E-state index in [4.69, 9.17) is 0 Å². The van der Waals surface area contributed by atoms with E-state index in [-0.39, 0.29) is 0 Å². The van der Waals surface area contributed by atoms with Crippen LogP contribution in [0.2, 0.25) is 0 Å². The fraction of sp³-hybridized carbons (Fsp3) is 0.636. The minimum atomic E-state index is -0.721. The predicted octanol–water partition coefficient (Wildman–Crippen LogP) is 1.40. The molecule has 0 fully saturated rings. The van der Waals surface area contributed by atoms with Crippen LogP contribution in [0.3, 0.4) is 0 Å². The fourth-order valence-corrected chi connectivity index (χ4v) is 1.90. The van der Waals surface area contributed by atoms with E-state index in [1.807, 2.05) is 13.8 Å². The molecular weight excluding hydrogens is 236 g/mol. The van der Waals surface area contributed by atoms with E-state index in [0.29, 0.717) is 5.95 Å². The van der Waals surface area contributed by atoms with Gasteiger partial charge in [-0.3, -0.25) is 4.21 Å². The summed E-state index contributed by atoms with van der Waals surface area (Å²) in [6.07, 6.45) is 4.40. The number of aryl methyl sites for hydroxylation is 1. The van der Waals surface area contributed by atoms with Crippen molar-refractivity contribution in [2.24, 2.45) is 0 Å². The molecule has 2 N–H and O–H groups in total. The largest absolute Gasteiger partial charge is 0.370 e. The maximum absolute atomic E-state index is 10.9. The quantitative estimate of drug-likeness (QED) is 0.722. The molecule has 96 valence electrons. The third-order valence-electron chi connectivity index (χ3n) is 2.21. The normalized spacial score (nSPS) is 12.2. The van der Waals surface area contributed by atoms with Gasteiger partial charge < -0.3 is 10.6 Å². The van der Waals surface area contributed by atoms with Crippen LogP contribution in [0, 0.1) is 6.92 Å². The van der Waals surface area contributed by atoms with E-state index in [0.717, 1.165) is 36.6 Å². The SMILES string of the molecule is CCNc1ncc(C)c(NCCCS(C)=O)n1. The Morgan fingerprint density at radius 2 is 2.18 bits per heavy atom. The second-order valence-electron chi connectivity index (χ2n) is 3.81. The highest BCUT2D eigenvalue weighted by Crippen LogP contribution is 2.12. The highest BCUT2D eigenvalue weighted by atomic mass is 32.2. The van der Waals surface area contributed by atoms with Crippen molar-refractivity contribution in [3.05, 3.63) is 11.8 Å². The van der Waals surface area contributed by atoms with Gasteiger partial charge in [-0.2, -0.15) is 4.98 Å². The van der Waals surface area contributed by atoms with Gasteiger partial charge in [0.1, 0.15) is 5.82 Å². The second kappa shape index (κ2) is 7.21.